The third-order valence-electron chi connectivity index (χ3n) is 5.56. The van der Waals surface area contributed by atoms with E-state index in [0.29, 0.717) is 0 Å². The van der Waals surface area contributed by atoms with E-state index in [2.05, 4.69) is 48.3 Å². The molecule has 2 aliphatic rings. The van der Waals surface area contributed by atoms with E-state index >= 15 is 0 Å². The van der Waals surface area contributed by atoms with Gasteiger partial charge in [-0.25, -0.2) is 9.79 Å². The van der Waals surface area contributed by atoms with Crippen LogP contribution in [-0.4, -0.2) is 52.7 Å². The van der Waals surface area contributed by atoms with E-state index in [1.807, 2.05) is 0 Å². The zero-order chi connectivity index (χ0) is 20.8. The number of benzene rings is 1. The van der Waals surface area contributed by atoms with Gasteiger partial charge in [0, 0.05) is 19.3 Å². The molecular weight excluding hydrogens is 384 g/mol. The molecule has 0 aliphatic carbocycles. The number of fused-ring (bicyclic) bond motifs is 1. The lowest BCUT2D eigenvalue weighted by molar-refractivity contribution is -0.127. The van der Waals surface area contributed by atoms with Gasteiger partial charge in [-0.1, -0.05) is 80.6 Å². The van der Waals surface area contributed by atoms with Gasteiger partial charge in [0.2, 0.25) is 0 Å². The zero-order valence-electron chi connectivity index (χ0n) is 17.7. The molecule has 0 saturated carbocycles. The Kier molecular flexibility index (Phi) is 7.58. The largest absolute Gasteiger partial charge is 0.336 e. The fourth-order valence-electron chi connectivity index (χ4n) is 3.75. The smallest absolute Gasteiger partial charge is 0.325 e. The van der Waals surface area contributed by atoms with Crippen molar-refractivity contribution in [3.63, 3.8) is 0 Å². The van der Waals surface area contributed by atoms with E-state index in [4.69, 9.17) is 4.99 Å². The van der Waals surface area contributed by atoms with E-state index < -0.39 is 12.2 Å². The molecule has 7 heteroatoms. The summed E-state index contributed by atoms with van der Waals surface area (Å²) in [5, 5.41) is 3.34. The quantitative estimate of drug-likeness (QED) is 0.615. The summed E-state index contributed by atoms with van der Waals surface area (Å²) in [7, 11) is 1.71. The predicted octanol–water partition coefficient (Wildman–Crippen LogP) is 4.14. The van der Waals surface area contributed by atoms with Crippen LogP contribution in [0.3, 0.4) is 0 Å². The first-order valence-corrected chi connectivity index (χ1v) is 11.6. The number of hydrogen-bond donors (Lipinski definition) is 1. The van der Waals surface area contributed by atoms with Crippen LogP contribution in [0.15, 0.2) is 29.3 Å². The summed E-state index contributed by atoms with van der Waals surface area (Å²) in [6.07, 6.45) is 6.76. The van der Waals surface area contributed by atoms with E-state index in [1.165, 1.54) is 36.8 Å². The Morgan fingerprint density at radius 1 is 1.07 bits per heavy atom. The summed E-state index contributed by atoms with van der Waals surface area (Å²) in [6.45, 7) is 5.09. The monoisotopic (exact) mass is 416 g/mol. The Labute approximate surface area is 178 Å². The molecule has 3 rings (SSSR count). The summed E-state index contributed by atoms with van der Waals surface area (Å²) >= 11 is 1.65. The summed E-state index contributed by atoms with van der Waals surface area (Å²) in [6, 6.07) is 7.69. The van der Waals surface area contributed by atoms with Crippen molar-refractivity contribution in [2.24, 2.45) is 4.99 Å². The molecule has 0 bridgehead atoms. The molecule has 3 amide bonds. The number of imide groups is 1. The Bertz CT molecular complexity index is 750. The highest BCUT2D eigenvalue weighted by Crippen LogP contribution is 2.30. The normalized spacial score (nSPS) is 21.3. The third-order valence-corrected chi connectivity index (χ3v) is 6.64. The van der Waals surface area contributed by atoms with Gasteiger partial charge >= 0.3 is 6.03 Å². The van der Waals surface area contributed by atoms with Gasteiger partial charge in [-0.15, -0.1) is 0 Å². The van der Waals surface area contributed by atoms with E-state index in [0.717, 1.165) is 30.3 Å². The molecule has 1 fully saturated rings. The molecule has 0 spiro atoms. The highest BCUT2D eigenvalue weighted by Gasteiger charge is 2.48. The van der Waals surface area contributed by atoms with E-state index in [1.54, 1.807) is 23.7 Å². The summed E-state index contributed by atoms with van der Waals surface area (Å²) in [5.74, 6) is 0.559. The molecule has 2 aliphatic heterocycles. The number of nitrogens with one attached hydrogen (secondary N) is 1. The van der Waals surface area contributed by atoms with Crippen molar-refractivity contribution in [1.29, 1.82) is 0 Å². The fourth-order valence-corrected chi connectivity index (χ4v) is 4.79. The topological polar surface area (TPSA) is 65.0 Å². The molecule has 158 valence electrons. The van der Waals surface area contributed by atoms with Crippen molar-refractivity contribution in [2.75, 3.05) is 13.6 Å². The van der Waals surface area contributed by atoms with Crippen LogP contribution < -0.4 is 5.32 Å². The Balaban J connectivity index is 1.66. The number of rotatable bonds is 9. The minimum Gasteiger partial charge on any atom is -0.336 e. The number of amidine groups is 1. The van der Waals surface area contributed by atoms with Crippen LogP contribution in [0.5, 0.6) is 0 Å². The first-order chi connectivity index (χ1) is 14.0. The van der Waals surface area contributed by atoms with Crippen molar-refractivity contribution in [2.45, 2.75) is 70.3 Å². The van der Waals surface area contributed by atoms with Gasteiger partial charge in [-0.3, -0.25) is 10.1 Å². The second kappa shape index (κ2) is 10.1. The van der Waals surface area contributed by atoms with Gasteiger partial charge < -0.3 is 9.80 Å². The highest BCUT2D eigenvalue weighted by molar-refractivity contribution is 8.13. The number of nitrogens with zero attached hydrogens (tertiary/aromatic N) is 3. The van der Waals surface area contributed by atoms with Crippen LogP contribution in [0.2, 0.25) is 0 Å². The lowest BCUT2D eigenvalue weighted by Crippen LogP contribution is -2.63. The van der Waals surface area contributed by atoms with Crippen molar-refractivity contribution >= 4 is 28.9 Å². The van der Waals surface area contributed by atoms with Gasteiger partial charge in [0.1, 0.15) is 0 Å². The van der Waals surface area contributed by atoms with Crippen LogP contribution in [0.25, 0.3) is 0 Å². The molecule has 6 nitrogen and oxygen atoms in total. The van der Waals surface area contributed by atoms with Crippen molar-refractivity contribution < 1.29 is 9.59 Å². The minimum absolute atomic E-state index is 0.237. The molecule has 2 heterocycles. The number of unbranched alkanes of at least 4 members (excludes halogenated alkanes) is 5. The van der Waals surface area contributed by atoms with E-state index in [9.17, 15) is 9.59 Å². The van der Waals surface area contributed by atoms with Crippen molar-refractivity contribution in [1.82, 2.24) is 15.1 Å². The third kappa shape index (κ3) is 5.32. The maximum absolute atomic E-state index is 12.6. The summed E-state index contributed by atoms with van der Waals surface area (Å²) < 4.78 is 0. The summed E-state index contributed by atoms with van der Waals surface area (Å²) in [5.41, 5.74) is 2.47. The number of amides is 3. The molecule has 1 aromatic rings. The van der Waals surface area contributed by atoms with Crippen LogP contribution in [-0.2, 0) is 10.5 Å². The molecule has 1 saturated heterocycles. The SMILES string of the molecule is CCCCCCCCN1C(SCc2ccc(C)cc2)=NC2C1C(=O)NC(=O)N2C. The zero-order valence-corrected chi connectivity index (χ0v) is 18.5. The number of carbonyl (C=O) groups excluding carboxylic acids is 2. The van der Waals surface area contributed by atoms with Gasteiger partial charge in [-0.2, -0.15) is 0 Å². The van der Waals surface area contributed by atoms with Crippen LogP contribution in [0, 0.1) is 6.92 Å². The molecule has 1 N–H and O–H groups in total. The van der Waals surface area contributed by atoms with Gasteiger partial charge in [0.25, 0.3) is 5.91 Å². The van der Waals surface area contributed by atoms with Crippen molar-refractivity contribution in [3.05, 3.63) is 35.4 Å². The molecule has 29 heavy (non-hydrogen) atoms. The number of likely N-dealkylation sites (N-methyl/N-ethyl adjacent to an activating group) is 1. The molecule has 2 atom stereocenters. The number of thioether (sulfide) groups is 1. The average Bonchev–Trinajstić information content (AvgIpc) is 3.07. The van der Waals surface area contributed by atoms with Crippen LogP contribution in [0.1, 0.15) is 56.6 Å². The molecule has 0 aromatic heterocycles. The molecule has 0 radical (unpaired) electrons. The Morgan fingerprint density at radius 2 is 1.76 bits per heavy atom. The van der Waals surface area contributed by atoms with Crippen LogP contribution >= 0.6 is 11.8 Å². The average molecular weight is 417 g/mol. The van der Waals surface area contributed by atoms with Crippen LogP contribution in [0.4, 0.5) is 4.79 Å². The number of aliphatic imine (C=N–C) groups is 1. The maximum Gasteiger partial charge on any atom is 0.325 e. The number of hydrogen-bond acceptors (Lipinski definition) is 5. The number of carbonyl (C=O) groups is 2. The van der Waals surface area contributed by atoms with Gasteiger partial charge in [-0.05, 0) is 18.9 Å². The first kappa shape index (κ1) is 21.7. The lowest BCUT2D eigenvalue weighted by atomic mass is 10.1. The Morgan fingerprint density at radius 3 is 2.48 bits per heavy atom. The van der Waals surface area contributed by atoms with Gasteiger partial charge in [0.15, 0.2) is 17.4 Å². The maximum atomic E-state index is 12.6. The summed E-state index contributed by atoms with van der Waals surface area (Å²) in [4.78, 5) is 33.1. The molecule has 2 unspecified atom stereocenters. The highest BCUT2D eigenvalue weighted by atomic mass is 32.2. The van der Waals surface area contributed by atoms with E-state index in [-0.39, 0.29) is 11.9 Å². The number of urea groups is 1. The van der Waals surface area contributed by atoms with Crippen molar-refractivity contribution in [3.8, 4) is 0 Å². The van der Waals surface area contributed by atoms with Gasteiger partial charge in [0.05, 0.1) is 0 Å². The lowest BCUT2D eigenvalue weighted by Gasteiger charge is -2.36. The molecular formula is C22H32N4O2S. The molecule has 1 aromatic carbocycles. The standard InChI is InChI=1S/C22H32N4O2S/c1-4-5-6-7-8-9-14-26-18-19(25(3)21(28)24-20(18)27)23-22(26)29-15-17-12-10-16(2)11-13-17/h10-13,18-19H,4-9,14-15H2,1-3H3,(H,24,27,28). The predicted molar refractivity (Wildman–Crippen MR) is 119 cm³/mol. The second-order valence-electron chi connectivity index (χ2n) is 7.91. The number of aryl methyl sites for hydroxylation is 1. The minimum atomic E-state index is -0.433. The Hall–Kier alpha value is -2.02. The fraction of sp³-hybridized carbons (Fsp3) is 0.591. The second-order valence-corrected chi connectivity index (χ2v) is 8.85. The first-order valence-electron chi connectivity index (χ1n) is 10.6.